The summed E-state index contributed by atoms with van der Waals surface area (Å²) in [5.74, 6) is -4.28. The highest BCUT2D eigenvalue weighted by Crippen LogP contribution is 2.47. The van der Waals surface area contributed by atoms with Gasteiger partial charge in [-0.15, -0.1) is 0 Å². The molecule has 0 bridgehead atoms. The first kappa shape index (κ1) is 39.4. The predicted molar refractivity (Wildman–Crippen MR) is 211 cm³/mol. The van der Waals surface area contributed by atoms with Crippen LogP contribution in [0, 0.1) is 17.8 Å². The topological polar surface area (TPSA) is 136 Å². The number of ketones is 1. The van der Waals surface area contributed by atoms with Gasteiger partial charge in [0.2, 0.25) is 5.54 Å². The monoisotopic (exact) mass is 744 g/mol. The highest BCUT2D eigenvalue weighted by Gasteiger charge is 2.64. The molecule has 0 aromatic heterocycles. The lowest BCUT2D eigenvalue weighted by atomic mass is 9.62. The second-order valence-electron chi connectivity index (χ2n) is 16.1. The van der Waals surface area contributed by atoms with Crippen molar-refractivity contribution in [2.75, 3.05) is 6.61 Å². The number of benzene rings is 4. The van der Waals surface area contributed by atoms with Crippen LogP contribution in [0.5, 0.6) is 0 Å². The minimum absolute atomic E-state index is 0.0876. The van der Waals surface area contributed by atoms with Gasteiger partial charge in [0.15, 0.2) is 5.78 Å². The smallest absolute Gasteiger partial charge is 0.421 e. The molecule has 2 aliphatic rings. The summed E-state index contributed by atoms with van der Waals surface area (Å²) in [7, 11) is 0. The van der Waals surface area contributed by atoms with E-state index in [0.29, 0.717) is 17.7 Å². The number of aliphatic carboxylic acids is 1. The van der Waals surface area contributed by atoms with Gasteiger partial charge < -0.3 is 20.3 Å². The Morgan fingerprint density at radius 2 is 1.33 bits per heavy atom. The summed E-state index contributed by atoms with van der Waals surface area (Å²) in [6.07, 6.45) is 1.19. The Balaban J connectivity index is 1.46. The van der Waals surface area contributed by atoms with Crippen LogP contribution in [0.1, 0.15) is 81.5 Å². The Bertz CT molecular complexity index is 1940. The minimum atomic E-state index is -2.77. The van der Waals surface area contributed by atoms with Gasteiger partial charge in [0, 0.05) is 11.8 Å². The fraction of sp³-hybridized carbons (Fsp3) is 0.391. The molecule has 0 radical (unpaired) electrons. The van der Waals surface area contributed by atoms with Crippen molar-refractivity contribution in [3.05, 3.63) is 131 Å². The van der Waals surface area contributed by atoms with Crippen molar-refractivity contribution in [3.8, 4) is 11.1 Å². The molecule has 288 valence electrons. The Labute approximate surface area is 323 Å². The van der Waals surface area contributed by atoms with Crippen molar-refractivity contribution in [2.24, 2.45) is 23.5 Å². The normalized spacial score (nSPS) is 18.9. The van der Waals surface area contributed by atoms with Gasteiger partial charge in [0.25, 0.3) is 0 Å². The van der Waals surface area contributed by atoms with Gasteiger partial charge in [-0.05, 0) is 92.2 Å². The van der Waals surface area contributed by atoms with E-state index in [1.54, 1.807) is 20.8 Å². The number of ether oxygens (including phenoxy) is 2. The summed E-state index contributed by atoms with van der Waals surface area (Å²) in [5, 5.41) is 11.6. The molecule has 9 nitrogen and oxygen atoms in total. The van der Waals surface area contributed by atoms with Gasteiger partial charge in [0.05, 0.1) is 6.04 Å². The summed E-state index contributed by atoms with van der Waals surface area (Å²) < 4.78 is 11.9. The lowest BCUT2D eigenvalue weighted by molar-refractivity contribution is -0.164. The number of hydrogen-bond donors (Lipinski definition) is 2. The van der Waals surface area contributed by atoms with Crippen molar-refractivity contribution in [1.82, 2.24) is 4.90 Å². The van der Waals surface area contributed by atoms with E-state index in [-0.39, 0.29) is 24.9 Å². The third-order valence-corrected chi connectivity index (χ3v) is 11.2. The van der Waals surface area contributed by atoms with Crippen molar-refractivity contribution in [2.45, 2.75) is 89.3 Å². The number of imide groups is 1. The molecule has 4 aromatic rings. The van der Waals surface area contributed by atoms with Crippen LogP contribution in [0.25, 0.3) is 11.1 Å². The maximum absolute atomic E-state index is 14.9. The average Bonchev–Trinajstić information content (AvgIpc) is 3.48. The van der Waals surface area contributed by atoms with Crippen molar-refractivity contribution in [3.63, 3.8) is 0 Å². The number of nitrogens with zero attached hydrogens (tertiary/aromatic N) is 1. The highest BCUT2D eigenvalue weighted by atomic mass is 16.6. The van der Waals surface area contributed by atoms with Gasteiger partial charge in [-0.2, -0.15) is 4.90 Å². The van der Waals surface area contributed by atoms with E-state index in [1.807, 2.05) is 97.1 Å². The molecular formula is C46H52N2O7. The number of rotatable bonds is 12. The van der Waals surface area contributed by atoms with Crippen LogP contribution in [0.2, 0.25) is 0 Å². The van der Waals surface area contributed by atoms with Crippen molar-refractivity contribution >= 4 is 23.9 Å². The van der Waals surface area contributed by atoms with E-state index in [2.05, 4.69) is 12.1 Å². The number of Topliss-reactive ketones (excluding diaryl/α,β-unsaturated/α-hetero) is 1. The van der Waals surface area contributed by atoms with E-state index >= 15 is 0 Å². The fourth-order valence-electron chi connectivity index (χ4n) is 8.85. The quantitative estimate of drug-likeness (QED) is 0.137. The molecule has 0 aliphatic heterocycles. The van der Waals surface area contributed by atoms with Crippen molar-refractivity contribution < 1.29 is 33.8 Å². The third kappa shape index (κ3) is 8.37. The average molecular weight is 745 g/mol. The van der Waals surface area contributed by atoms with E-state index < -0.39 is 53.0 Å². The summed E-state index contributed by atoms with van der Waals surface area (Å²) in [6.45, 7) is 6.04. The van der Waals surface area contributed by atoms with Crippen LogP contribution in [0.4, 0.5) is 9.59 Å². The molecule has 1 fully saturated rings. The molecule has 0 heterocycles. The van der Waals surface area contributed by atoms with E-state index in [9.17, 15) is 24.3 Å². The number of amides is 2. The van der Waals surface area contributed by atoms with Gasteiger partial charge >= 0.3 is 18.2 Å². The molecule has 0 spiro atoms. The number of carbonyl (C=O) groups is 4. The summed E-state index contributed by atoms with van der Waals surface area (Å²) in [4.78, 5) is 59.0. The zero-order valence-electron chi connectivity index (χ0n) is 32.2. The van der Waals surface area contributed by atoms with Gasteiger partial charge in [0.1, 0.15) is 12.2 Å². The Morgan fingerprint density at radius 3 is 1.87 bits per heavy atom. The van der Waals surface area contributed by atoms with Crippen LogP contribution in [-0.2, 0) is 31.9 Å². The summed E-state index contributed by atoms with van der Waals surface area (Å²) >= 11 is 0. The maximum Gasteiger partial charge on any atom is 0.421 e. The number of carboxylic acid groups (broad SMARTS) is 1. The first-order chi connectivity index (χ1) is 26.3. The maximum atomic E-state index is 14.9. The Kier molecular flexibility index (Phi) is 11.9. The molecule has 4 aromatic carbocycles. The molecule has 0 saturated heterocycles. The summed E-state index contributed by atoms with van der Waals surface area (Å²) in [6, 6.07) is 33.7. The van der Waals surface area contributed by atoms with Crippen LogP contribution < -0.4 is 5.73 Å². The standard InChI is InChI=1S/C46H52N2O7/c1-30(47)41(49)46(42(50)51,40(28-32-18-9-6-10-19-32)34-21-15-20-33(27-34)26-31-16-7-5-8-17-31)48(44(53)55-45(2,3)4)43(52)54-29-39-37-24-13-11-22-35(37)36-23-12-14-25-38(36)39/h5-14,16-19,22-25,30,33-34,39-40H,15,20-21,26-29,47H2,1-4H3,(H,50,51)/t30-,33?,34?,40?,46+/m0/s1. The zero-order chi connectivity index (χ0) is 39.3. The van der Waals surface area contributed by atoms with Crippen LogP contribution in [0.3, 0.4) is 0 Å². The molecule has 1 saturated carbocycles. The van der Waals surface area contributed by atoms with E-state index in [4.69, 9.17) is 15.2 Å². The SMILES string of the molecule is C[C@H](N)C(=O)[C@@](C(=O)O)(C(Cc1ccccc1)C1CCCC(Cc2ccccc2)C1)N(C(=O)OCC1c2ccccc2-c2ccccc21)C(=O)OC(C)(C)C. The first-order valence-corrected chi connectivity index (χ1v) is 19.3. The van der Waals surface area contributed by atoms with Gasteiger partial charge in [-0.1, -0.05) is 128 Å². The minimum Gasteiger partial charge on any atom is -0.479 e. The molecule has 3 unspecified atom stereocenters. The first-order valence-electron chi connectivity index (χ1n) is 19.3. The second-order valence-corrected chi connectivity index (χ2v) is 16.1. The largest absolute Gasteiger partial charge is 0.479 e. The van der Waals surface area contributed by atoms with Gasteiger partial charge in [-0.25, -0.2) is 14.4 Å². The molecule has 55 heavy (non-hydrogen) atoms. The van der Waals surface area contributed by atoms with Crippen LogP contribution in [0.15, 0.2) is 109 Å². The molecule has 3 N–H and O–H groups in total. The number of carbonyl (C=O) groups excluding carboxylic acids is 3. The van der Waals surface area contributed by atoms with E-state index in [0.717, 1.165) is 52.6 Å². The number of fused-ring (bicyclic) bond motifs is 3. The predicted octanol–water partition coefficient (Wildman–Crippen LogP) is 8.82. The molecular weight excluding hydrogens is 693 g/mol. The lowest BCUT2D eigenvalue weighted by Gasteiger charge is -2.47. The third-order valence-electron chi connectivity index (χ3n) is 11.2. The highest BCUT2D eigenvalue weighted by molar-refractivity contribution is 6.15. The Hall–Kier alpha value is -5.28. The summed E-state index contributed by atoms with van der Waals surface area (Å²) in [5.41, 5.74) is 8.23. The molecule has 2 aliphatic carbocycles. The molecule has 6 rings (SSSR count). The Morgan fingerprint density at radius 1 is 0.782 bits per heavy atom. The number of nitrogens with two attached hydrogens (primary N) is 1. The van der Waals surface area contributed by atoms with Crippen LogP contribution >= 0.6 is 0 Å². The molecule has 5 atom stereocenters. The second kappa shape index (κ2) is 16.6. The molecule has 2 amide bonds. The van der Waals surface area contributed by atoms with E-state index in [1.165, 1.54) is 6.92 Å². The number of carboxylic acids is 1. The van der Waals surface area contributed by atoms with Crippen LogP contribution in [-0.4, -0.2) is 57.7 Å². The van der Waals surface area contributed by atoms with Gasteiger partial charge in [-0.3, -0.25) is 4.79 Å². The van der Waals surface area contributed by atoms with Crippen molar-refractivity contribution in [1.29, 1.82) is 0 Å². The lowest BCUT2D eigenvalue weighted by Crippen LogP contribution is -2.72. The fourth-order valence-corrected chi connectivity index (χ4v) is 8.85. The molecule has 9 heteroatoms. The number of hydrogen-bond acceptors (Lipinski definition) is 7. The zero-order valence-corrected chi connectivity index (χ0v) is 32.2.